The molecule has 0 bridgehead atoms. The van der Waals surface area contributed by atoms with Gasteiger partial charge in [0.2, 0.25) is 0 Å². The first-order valence-electron chi connectivity index (χ1n) is 5.44. The second-order valence-corrected chi connectivity index (χ2v) is 4.85. The Hall–Kier alpha value is -1.46. The van der Waals surface area contributed by atoms with E-state index in [4.69, 9.17) is 23.2 Å². The highest BCUT2D eigenvalue weighted by atomic mass is 35.5. The molecule has 0 aliphatic heterocycles. The van der Waals surface area contributed by atoms with E-state index in [0.717, 1.165) is 24.8 Å². The smallest absolute Gasteiger partial charge is 0.177 e. The number of halogens is 2. The topological polar surface area (TPSA) is 60.7 Å². The van der Waals surface area contributed by atoms with Crippen LogP contribution in [0.3, 0.4) is 0 Å². The van der Waals surface area contributed by atoms with E-state index >= 15 is 0 Å². The fourth-order valence-corrected chi connectivity index (χ4v) is 2.13. The van der Waals surface area contributed by atoms with Crippen molar-refractivity contribution in [3.05, 3.63) is 33.7 Å². The zero-order valence-corrected chi connectivity index (χ0v) is 10.7. The van der Waals surface area contributed by atoms with Gasteiger partial charge in [-0.3, -0.25) is 4.79 Å². The van der Waals surface area contributed by atoms with E-state index in [1.807, 2.05) is 0 Å². The summed E-state index contributed by atoms with van der Waals surface area (Å²) in [6, 6.07) is 3.25. The summed E-state index contributed by atoms with van der Waals surface area (Å²) < 4.78 is 1.42. The minimum Gasteiger partial charge on any atom is -0.298 e. The first kappa shape index (κ1) is 11.6. The fourth-order valence-electron chi connectivity index (χ4n) is 1.77. The van der Waals surface area contributed by atoms with Crippen LogP contribution in [0.1, 0.15) is 34.8 Å². The van der Waals surface area contributed by atoms with Gasteiger partial charge in [0.15, 0.2) is 17.3 Å². The van der Waals surface area contributed by atoms with Crippen molar-refractivity contribution in [2.75, 3.05) is 0 Å². The van der Waals surface area contributed by atoms with Crippen molar-refractivity contribution in [3.63, 3.8) is 0 Å². The predicted octanol–water partition coefficient (Wildman–Crippen LogP) is 2.66. The number of hydrogen-bond donors (Lipinski definition) is 0. The van der Waals surface area contributed by atoms with Crippen LogP contribution in [-0.4, -0.2) is 26.3 Å². The van der Waals surface area contributed by atoms with Crippen LogP contribution < -0.4 is 0 Å². The lowest BCUT2D eigenvalue weighted by Crippen LogP contribution is -2.01. The van der Waals surface area contributed by atoms with Gasteiger partial charge in [0, 0.05) is 5.92 Å². The fraction of sp³-hybridized carbons (Fsp3) is 0.273. The molecule has 0 radical (unpaired) electrons. The summed E-state index contributed by atoms with van der Waals surface area (Å²) in [6.45, 7) is 0. The lowest BCUT2D eigenvalue weighted by atomic mass is 10.2. The molecule has 18 heavy (non-hydrogen) atoms. The van der Waals surface area contributed by atoms with Crippen LogP contribution in [0.5, 0.6) is 0 Å². The highest BCUT2D eigenvalue weighted by Crippen LogP contribution is 2.42. The molecule has 0 unspecified atom stereocenters. The molecule has 92 valence electrons. The Balaban J connectivity index is 2.11. The minimum absolute atomic E-state index is 0.267. The Morgan fingerprint density at radius 1 is 1.28 bits per heavy atom. The summed E-state index contributed by atoms with van der Waals surface area (Å²) in [5.74, 6) is 0.781. The molecule has 0 atom stereocenters. The van der Waals surface area contributed by atoms with Gasteiger partial charge in [-0.1, -0.05) is 23.2 Å². The number of rotatable bonds is 3. The molecular weight excluding hydrogens is 275 g/mol. The van der Waals surface area contributed by atoms with Crippen molar-refractivity contribution in [1.82, 2.24) is 20.0 Å². The summed E-state index contributed by atoms with van der Waals surface area (Å²) in [6.07, 6.45) is 2.82. The van der Waals surface area contributed by atoms with Crippen molar-refractivity contribution in [3.8, 4) is 5.82 Å². The van der Waals surface area contributed by atoms with Crippen LogP contribution in [-0.2, 0) is 0 Å². The monoisotopic (exact) mass is 282 g/mol. The lowest BCUT2D eigenvalue weighted by molar-refractivity contribution is 0.112. The Labute approximate surface area is 113 Å². The number of aldehydes is 1. The molecule has 3 rings (SSSR count). The van der Waals surface area contributed by atoms with Crippen LogP contribution in [0.25, 0.3) is 5.82 Å². The summed E-state index contributed by atoms with van der Waals surface area (Å²) in [5, 5.41) is 12.5. The Morgan fingerprint density at radius 2 is 2.06 bits per heavy atom. The van der Waals surface area contributed by atoms with E-state index in [1.54, 1.807) is 12.1 Å². The summed E-state index contributed by atoms with van der Waals surface area (Å²) in [7, 11) is 0. The van der Waals surface area contributed by atoms with Crippen molar-refractivity contribution in [1.29, 1.82) is 0 Å². The third kappa shape index (κ3) is 1.89. The van der Waals surface area contributed by atoms with E-state index in [1.165, 1.54) is 4.68 Å². The third-order valence-electron chi connectivity index (χ3n) is 2.81. The van der Waals surface area contributed by atoms with E-state index < -0.39 is 0 Å². The molecule has 2 aromatic rings. The van der Waals surface area contributed by atoms with Crippen molar-refractivity contribution in [2.24, 2.45) is 0 Å². The Bertz CT molecular complexity index is 604. The SMILES string of the molecule is O=Cc1c(C2CC2)nn(-c2ccc(Cl)nn2)c1Cl. The molecule has 0 spiro atoms. The van der Waals surface area contributed by atoms with Crippen molar-refractivity contribution in [2.45, 2.75) is 18.8 Å². The Kier molecular flexibility index (Phi) is 2.80. The maximum atomic E-state index is 11.1. The molecule has 7 heteroatoms. The number of hydrogen-bond acceptors (Lipinski definition) is 4. The number of nitrogens with zero attached hydrogens (tertiary/aromatic N) is 4. The second kappa shape index (κ2) is 4.33. The molecular formula is C11H8Cl2N4O. The molecule has 1 fully saturated rings. The average molecular weight is 283 g/mol. The van der Waals surface area contributed by atoms with Crippen LogP contribution in [0.15, 0.2) is 12.1 Å². The maximum absolute atomic E-state index is 11.1. The van der Waals surface area contributed by atoms with Crippen LogP contribution in [0.2, 0.25) is 10.3 Å². The largest absolute Gasteiger partial charge is 0.298 e. The first-order chi connectivity index (χ1) is 8.70. The molecule has 0 N–H and O–H groups in total. The van der Waals surface area contributed by atoms with Crippen LogP contribution in [0.4, 0.5) is 0 Å². The van der Waals surface area contributed by atoms with E-state index in [-0.39, 0.29) is 5.15 Å². The van der Waals surface area contributed by atoms with E-state index in [2.05, 4.69) is 15.3 Å². The van der Waals surface area contributed by atoms with Gasteiger partial charge < -0.3 is 0 Å². The van der Waals surface area contributed by atoms with Gasteiger partial charge in [0.05, 0.1) is 11.3 Å². The van der Waals surface area contributed by atoms with Crippen molar-refractivity contribution < 1.29 is 4.79 Å². The highest BCUT2D eigenvalue weighted by Gasteiger charge is 2.31. The predicted molar refractivity (Wildman–Crippen MR) is 66.5 cm³/mol. The zero-order chi connectivity index (χ0) is 12.7. The molecule has 0 saturated heterocycles. The first-order valence-corrected chi connectivity index (χ1v) is 6.19. The Morgan fingerprint density at radius 3 is 2.61 bits per heavy atom. The molecule has 5 nitrogen and oxygen atoms in total. The summed E-state index contributed by atoms with van der Waals surface area (Å²) in [5.41, 5.74) is 1.18. The molecule has 0 amide bonds. The maximum Gasteiger partial charge on any atom is 0.177 e. The van der Waals surface area contributed by atoms with Gasteiger partial charge >= 0.3 is 0 Å². The molecule has 2 heterocycles. The van der Waals surface area contributed by atoms with E-state index in [0.29, 0.717) is 22.5 Å². The number of carbonyl (C=O) groups excluding carboxylic acids is 1. The van der Waals surface area contributed by atoms with Gasteiger partial charge in [-0.25, -0.2) is 4.68 Å². The third-order valence-corrected chi connectivity index (χ3v) is 3.37. The highest BCUT2D eigenvalue weighted by molar-refractivity contribution is 6.32. The standard InChI is InChI=1S/C11H8Cl2N4O/c12-8-3-4-9(15-14-8)17-11(13)7(5-18)10(16-17)6-1-2-6/h3-6H,1-2H2. The molecule has 2 aromatic heterocycles. The number of aromatic nitrogens is 4. The molecule has 1 aliphatic carbocycles. The number of carbonyl (C=O) groups is 1. The van der Waals surface area contributed by atoms with Gasteiger partial charge in [0.25, 0.3) is 0 Å². The van der Waals surface area contributed by atoms with E-state index in [9.17, 15) is 4.79 Å². The van der Waals surface area contributed by atoms with Gasteiger partial charge in [0.1, 0.15) is 5.15 Å². The molecule has 1 aliphatic rings. The van der Waals surface area contributed by atoms with Crippen LogP contribution >= 0.6 is 23.2 Å². The summed E-state index contributed by atoms with van der Waals surface area (Å²) >= 11 is 11.8. The molecule has 0 aromatic carbocycles. The average Bonchev–Trinajstić information content (AvgIpc) is 3.15. The normalized spacial score (nSPS) is 14.8. The summed E-state index contributed by atoms with van der Waals surface area (Å²) in [4.78, 5) is 11.1. The van der Waals surface area contributed by atoms with Crippen LogP contribution in [0, 0.1) is 0 Å². The molecule has 1 saturated carbocycles. The quantitative estimate of drug-likeness (QED) is 0.812. The van der Waals surface area contributed by atoms with Gasteiger partial charge in [-0.2, -0.15) is 5.10 Å². The minimum atomic E-state index is 0.267. The van der Waals surface area contributed by atoms with Gasteiger partial charge in [-0.15, -0.1) is 10.2 Å². The van der Waals surface area contributed by atoms with Gasteiger partial charge in [-0.05, 0) is 25.0 Å². The van der Waals surface area contributed by atoms with Crippen molar-refractivity contribution >= 4 is 29.5 Å². The lowest BCUT2D eigenvalue weighted by Gasteiger charge is -2.00. The second-order valence-electron chi connectivity index (χ2n) is 4.11. The zero-order valence-electron chi connectivity index (χ0n) is 9.18.